The van der Waals surface area contributed by atoms with Gasteiger partial charge in [0.25, 0.3) is 5.91 Å². The molecule has 2 aromatic rings. The lowest BCUT2D eigenvalue weighted by Crippen LogP contribution is -2.39. The van der Waals surface area contributed by atoms with Gasteiger partial charge >= 0.3 is 0 Å². The zero-order chi connectivity index (χ0) is 23.3. The van der Waals surface area contributed by atoms with Gasteiger partial charge in [-0.1, -0.05) is 56.3 Å². The van der Waals surface area contributed by atoms with Crippen molar-refractivity contribution in [3.8, 4) is 0 Å². The van der Waals surface area contributed by atoms with Crippen molar-refractivity contribution >= 4 is 35.8 Å². The molecule has 2 aromatic carbocycles. The molecule has 1 amide bonds. The molecule has 0 heterocycles. The monoisotopic (exact) mass is 565 g/mol. The molecule has 0 saturated carbocycles. The normalized spacial score (nSPS) is 12.1. The predicted molar refractivity (Wildman–Crippen MR) is 150 cm³/mol. The van der Waals surface area contributed by atoms with E-state index in [9.17, 15) is 4.79 Å². The summed E-state index contributed by atoms with van der Waals surface area (Å²) in [5.41, 5.74) is 3.14. The molecule has 0 aromatic heterocycles. The maximum atomic E-state index is 12.2. The first kappa shape index (κ1) is 28.9. The number of hydrogen-bond donors (Lipinski definition) is 2. The van der Waals surface area contributed by atoms with Crippen LogP contribution in [0.1, 0.15) is 48.3 Å². The van der Waals surface area contributed by atoms with E-state index in [4.69, 9.17) is 4.99 Å². The second-order valence-corrected chi connectivity index (χ2v) is 7.94. The standard InChI is InChI=1S/C26H39N5O.HI/c1-6-27-26(28-18-17-21-13-12-16-23(19-21)25(32)30(4)5)29-20-24(31(7-2)8-3)22-14-10-9-11-15-22;/h9-16,19,24H,6-8,17-18,20H2,1-5H3,(H2,27,28,29);1H. The molecule has 0 saturated heterocycles. The Morgan fingerprint density at radius 1 is 0.970 bits per heavy atom. The van der Waals surface area contributed by atoms with Crippen molar-refractivity contribution in [2.75, 3.05) is 46.8 Å². The Kier molecular flexibility index (Phi) is 13.7. The van der Waals surface area contributed by atoms with Crippen molar-refractivity contribution < 1.29 is 4.79 Å². The minimum atomic E-state index is 0. The fourth-order valence-corrected chi connectivity index (χ4v) is 3.73. The Balaban J connectivity index is 0.00000544. The number of aliphatic imine (C=N–C) groups is 1. The van der Waals surface area contributed by atoms with Crippen LogP contribution in [0.3, 0.4) is 0 Å². The van der Waals surface area contributed by atoms with E-state index in [2.05, 4.69) is 72.7 Å². The predicted octanol–water partition coefficient (Wildman–Crippen LogP) is 4.19. The number of nitrogens with one attached hydrogen (secondary N) is 2. The highest BCUT2D eigenvalue weighted by Gasteiger charge is 2.17. The van der Waals surface area contributed by atoms with Crippen molar-refractivity contribution in [1.82, 2.24) is 20.4 Å². The third-order valence-electron chi connectivity index (χ3n) is 5.49. The molecule has 0 radical (unpaired) electrons. The first-order valence-corrected chi connectivity index (χ1v) is 11.6. The van der Waals surface area contributed by atoms with Gasteiger partial charge in [-0.2, -0.15) is 0 Å². The SMILES string of the molecule is CCNC(=NCC(c1ccccc1)N(CC)CC)NCCc1cccc(C(=O)N(C)C)c1.I. The zero-order valence-electron chi connectivity index (χ0n) is 20.7. The number of hydrogen-bond acceptors (Lipinski definition) is 3. The van der Waals surface area contributed by atoms with Gasteiger partial charge in [-0.25, -0.2) is 0 Å². The van der Waals surface area contributed by atoms with Crippen LogP contribution in [0.4, 0.5) is 0 Å². The second kappa shape index (κ2) is 15.7. The van der Waals surface area contributed by atoms with Crippen molar-refractivity contribution in [1.29, 1.82) is 0 Å². The summed E-state index contributed by atoms with van der Waals surface area (Å²) in [5.74, 6) is 0.846. The lowest BCUT2D eigenvalue weighted by molar-refractivity contribution is 0.0827. The Labute approximate surface area is 216 Å². The maximum absolute atomic E-state index is 12.2. The Morgan fingerprint density at radius 3 is 2.27 bits per heavy atom. The van der Waals surface area contributed by atoms with Gasteiger partial charge in [0.05, 0.1) is 12.6 Å². The molecule has 7 heteroatoms. The minimum Gasteiger partial charge on any atom is -0.357 e. The Hall–Kier alpha value is -2.13. The van der Waals surface area contributed by atoms with Gasteiger partial charge in [-0.3, -0.25) is 14.7 Å². The van der Waals surface area contributed by atoms with Gasteiger partial charge in [-0.15, -0.1) is 24.0 Å². The number of guanidine groups is 1. The molecule has 182 valence electrons. The van der Waals surface area contributed by atoms with Gasteiger partial charge in [0.15, 0.2) is 5.96 Å². The Bertz CT molecular complexity index is 853. The highest BCUT2D eigenvalue weighted by atomic mass is 127. The van der Waals surface area contributed by atoms with Crippen LogP contribution in [-0.4, -0.2) is 68.5 Å². The van der Waals surface area contributed by atoms with Crippen LogP contribution in [0.2, 0.25) is 0 Å². The Morgan fingerprint density at radius 2 is 1.67 bits per heavy atom. The average Bonchev–Trinajstić information content (AvgIpc) is 2.81. The highest BCUT2D eigenvalue weighted by molar-refractivity contribution is 14.0. The van der Waals surface area contributed by atoms with Crippen LogP contribution >= 0.6 is 24.0 Å². The van der Waals surface area contributed by atoms with Crippen LogP contribution in [0.25, 0.3) is 0 Å². The number of halogens is 1. The van der Waals surface area contributed by atoms with E-state index in [-0.39, 0.29) is 35.9 Å². The van der Waals surface area contributed by atoms with Gasteiger partial charge in [0.1, 0.15) is 0 Å². The van der Waals surface area contributed by atoms with Crippen molar-refractivity contribution in [2.45, 2.75) is 33.2 Å². The lowest BCUT2D eigenvalue weighted by atomic mass is 10.1. The molecule has 0 aliphatic rings. The van der Waals surface area contributed by atoms with Crippen LogP contribution in [0, 0.1) is 0 Å². The number of carbonyl (C=O) groups is 1. The number of likely N-dealkylation sites (N-methyl/N-ethyl adjacent to an activating group) is 1. The van der Waals surface area contributed by atoms with E-state index in [1.807, 2.05) is 18.2 Å². The fraction of sp³-hybridized carbons (Fsp3) is 0.462. The minimum absolute atomic E-state index is 0. The van der Waals surface area contributed by atoms with E-state index >= 15 is 0 Å². The first-order valence-electron chi connectivity index (χ1n) is 11.6. The van der Waals surface area contributed by atoms with Crippen LogP contribution in [0.15, 0.2) is 59.6 Å². The van der Waals surface area contributed by atoms with E-state index in [0.29, 0.717) is 6.54 Å². The maximum Gasteiger partial charge on any atom is 0.253 e. The van der Waals surface area contributed by atoms with E-state index in [1.165, 1.54) is 5.56 Å². The first-order chi connectivity index (χ1) is 15.5. The van der Waals surface area contributed by atoms with Crippen molar-refractivity contribution in [2.24, 2.45) is 4.99 Å². The van der Waals surface area contributed by atoms with E-state index in [0.717, 1.165) is 49.7 Å². The molecule has 0 bridgehead atoms. The quantitative estimate of drug-likeness (QED) is 0.244. The van der Waals surface area contributed by atoms with Crippen LogP contribution in [0.5, 0.6) is 0 Å². The molecule has 0 spiro atoms. The van der Waals surface area contributed by atoms with Gasteiger partial charge in [-0.05, 0) is 49.7 Å². The molecule has 0 aliphatic heterocycles. The molecule has 2 N–H and O–H groups in total. The third-order valence-corrected chi connectivity index (χ3v) is 5.49. The molecule has 2 rings (SSSR count). The number of benzene rings is 2. The number of rotatable bonds is 11. The summed E-state index contributed by atoms with van der Waals surface area (Å²) in [6.07, 6.45) is 0.817. The van der Waals surface area contributed by atoms with Crippen LogP contribution < -0.4 is 10.6 Å². The average molecular weight is 566 g/mol. The van der Waals surface area contributed by atoms with E-state index < -0.39 is 0 Å². The summed E-state index contributed by atoms with van der Waals surface area (Å²) in [6, 6.07) is 18.7. The summed E-state index contributed by atoms with van der Waals surface area (Å²) in [4.78, 5) is 21.2. The number of carbonyl (C=O) groups excluding carboxylic acids is 1. The molecular weight excluding hydrogens is 525 g/mol. The lowest BCUT2D eigenvalue weighted by Gasteiger charge is -2.29. The summed E-state index contributed by atoms with van der Waals surface area (Å²) >= 11 is 0. The topological polar surface area (TPSA) is 60.0 Å². The molecule has 0 aliphatic carbocycles. The van der Waals surface area contributed by atoms with Gasteiger partial charge in [0, 0.05) is 32.7 Å². The van der Waals surface area contributed by atoms with E-state index in [1.54, 1.807) is 19.0 Å². The molecule has 1 unspecified atom stereocenters. The highest BCUT2D eigenvalue weighted by Crippen LogP contribution is 2.20. The molecule has 33 heavy (non-hydrogen) atoms. The second-order valence-electron chi connectivity index (χ2n) is 7.94. The van der Waals surface area contributed by atoms with Crippen molar-refractivity contribution in [3.05, 3.63) is 71.3 Å². The van der Waals surface area contributed by atoms with Gasteiger partial charge in [0.2, 0.25) is 0 Å². The van der Waals surface area contributed by atoms with Crippen molar-refractivity contribution in [3.63, 3.8) is 0 Å². The summed E-state index contributed by atoms with van der Waals surface area (Å²) in [5, 5.41) is 6.80. The van der Waals surface area contributed by atoms with Crippen LogP contribution in [-0.2, 0) is 6.42 Å². The zero-order valence-corrected chi connectivity index (χ0v) is 23.0. The summed E-state index contributed by atoms with van der Waals surface area (Å²) < 4.78 is 0. The smallest absolute Gasteiger partial charge is 0.253 e. The molecule has 0 fully saturated rings. The molecular formula is C26H40IN5O. The number of nitrogens with zero attached hydrogens (tertiary/aromatic N) is 3. The van der Waals surface area contributed by atoms with Gasteiger partial charge < -0.3 is 15.5 Å². The largest absolute Gasteiger partial charge is 0.357 e. The molecule has 6 nitrogen and oxygen atoms in total. The summed E-state index contributed by atoms with van der Waals surface area (Å²) in [7, 11) is 3.55. The number of amides is 1. The fourth-order valence-electron chi connectivity index (χ4n) is 3.73. The third kappa shape index (κ3) is 9.33. The molecule has 1 atom stereocenters. The summed E-state index contributed by atoms with van der Waals surface area (Å²) in [6.45, 7) is 10.7.